The number of fused-ring (bicyclic) bond motifs is 1. The minimum atomic E-state index is 0.165. The Morgan fingerprint density at radius 1 is 1.17 bits per heavy atom. The van der Waals surface area contributed by atoms with E-state index in [2.05, 4.69) is 22.0 Å². The number of alkyl halides is 1. The van der Waals surface area contributed by atoms with Gasteiger partial charge in [0, 0.05) is 19.8 Å². The molecule has 0 saturated carbocycles. The Morgan fingerprint density at radius 3 is 2.72 bits per heavy atom. The second-order valence-electron chi connectivity index (χ2n) is 4.48. The van der Waals surface area contributed by atoms with Crippen LogP contribution in [0, 0.1) is 0 Å². The van der Waals surface area contributed by atoms with Crippen molar-refractivity contribution < 1.29 is 0 Å². The van der Waals surface area contributed by atoms with Crippen LogP contribution in [0.1, 0.15) is 32.1 Å². The fourth-order valence-electron chi connectivity index (χ4n) is 2.34. The van der Waals surface area contributed by atoms with E-state index in [1.807, 2.05) is 23.5 Å². The average molecular weight is 362 g/mol. The second-order valence-corrected chi connectivity index (χ2v) is 7.41. The molecule has 0 saturated heterocycles. The van der Waals surface area contributed by atoms with E-state index in [0.717, 1.165) is 10.6 Å². The molecular weight excluding hydrogens is 351 g/mol. The van der Waals surface area contributed by atoms with Crippen LogP contribution in [0.15, 0.2) is 24.3 Å². The van der Waals surface area contributed by atoms with Gasteiger partial charge in [-0.2, -0.15) is 0 Å². The Hall–Kier alpha value is -0.0200. The van der Waals surface area contributed by atoms with Gasteiger partial charge in [-0.25, -0.2) is 0 Å². The third-order valence-electron chi connectivity index (χ3n) is 3.25. The van der Waals surface area contributed by atoms with Gasteiger partial charge in [-0.05, 0) is 48.6 Å². The molecule has 0 spiro atoms. The van der Waals surface area contributed by atoms with Crippen molar-refractivity contribution in [3.05, 3.63) is 55.2 Å². The fraction of sp³-hybridized carbons (Fsp3) is 0.286. The summed E-state index contributed by atoms with van der Waals surface area (Å²) in [6, 6.07) is 8.00. The van der Waals surface area contributed by atoms with Crippen LogP contribution in [-0.4, -0.2) is 0 Å². The molecule has 0 aliphatic heterocycles. The molecule has 0 amide bonds. The topological polar surface area (TPSA) is 0 Å². The SMILES string of the molecule is Clc1ccc(C(Br)c2cc3c(s2)CCC3)c(Cl)c1. The molecule has 1 aromatic carbocycles. The molecule has 1 atom stereocenters. The number of rotatable bonds is 2. The van der Waals surface area contributed by atoms with Gasteiger partial charge < -0.3 is 0 Å². The van der Waals surface area contributed by atoms with E-state index in [1.165, 1.54) is 29.7 Å². The zero-order valence-electron chi connectivity index (χ0n) is 9.55. The maximum atomic E-state index is 6.26. The molecule has 3 rings (SSSR count). The van der Waals surface area contributed by atoms with E-state index in [-0.39, 0.29) is 4.83 Å². The molecule has 2 aromatic rings. The van der Waals surface area contributed by atoms with Gasteiger partial charge in [0.05, 0.1) is 4.83 Å². The first kappa shape index (κ1) is 13.0. The minimum Gasteiger partial charge on any atom is -0.144 e. The molecule has 4 heteroatoms. The molecule has 94 valence electrons. The molecule has 1 heterocycles. The van der Waals surface area contributed by atoms with Crippen LogP contribution < -0.4 is 0 Å². The van der Waals surface area contributed by atoms with Crippen molar-refractivity contribution in [2.24, 2.45) is 0 Å². The molecule has 0 nitrogen and oxygen atoms in total. The Labute approximate surface area is 129 Å². The van der Waals surface area contributed by atoms with Gasteiger partial charge in [-0.15, -0.1) is 11.3 Å². The molecule has 1 unspecified atom stereocenters. The van der Waals surface area contributed by atoms with Gasteiger partial charge in [0.2, 0.25) is 0 Å². The Morgan fingerprint density at radius 2 is 2.00 bits per heavy atom. The van der Waals surface area contributed by atoms with Crippen LogP contribution in [0.2, 0.25) is 10.0 Å². The molecule has 1 aromatic heterocycles. The van der Waals surface area contributed by atoms with E-state index in [9.17, 15) is 0 Å². The average Bonchev–Trinajstić information content (AvgIpc) is 2.87. The lowest BCUT2D eigenvalue weighted by Crippen LogP contribution is -1.91. The van der Waals surface area contributed by atoms with Crippen LogP contribution in [-0.2, 0) is 12.8 Å². The molecule has 1 aliphatic rings. The zero-order chi connectivity index (χ0) is 12.7. The summed E-state index contributed by atoms with van der Waals surface area (Å²) >= 11 is 17.8. The molecule has 0 N–H and O–H groups in total. The normalized spacial score (nSPS) is 15.7. The zero-order valence-corrected chi connectivity index (χ0v) is 13.5. The standard InChI is InChI=1S/C14H11BrCl2S/c15-14(10-5-4-9(16)7-11(10)17)13-6-8-2-1-3-12(8)18-13/h4-7,14H,1-3H2. The Balaban J connectivity index is 1.95. The van der Waals surface area contributed by atoms with Crippen LogP contribution >= 0.6 is 50.5 Å². The molecule has 0 radical (unpaired) electrons. The van der Waals surface area contributed by atoms with Gasteiger partial charge in [0.25, 0.3) is 0 Å². The van der Waals surface area contributed by atoms with Crippen LogP contribution in [0.3, 0.4) is 0 Å². The van der Waals surface area contributed by atoms with Crippen molar-refractivity contribution in [2.75, 3.05) is 0 Å². The summed E-state index contributed by atoms with van der Waals surface area (Å²) in [5.74, 6) is 0. The highest BCUT2D eigenvalue weighted by atomic mass is 79.9. The number of hydrogen-bond donors (Lipinski definition) is 0. The van der Waals surface area contributed by atoms with E-state index in [0.29, 0.717) is 5.02 Å². The lowest BCUT2D eigenvalue weighted by molar-refractivity contribution is 0.913. The second kappa shape index (κ2) is 5.16. The molecule has 1 aliphatic carbocycles. The number of halogens is 3. The van der Waals surface area contributed by atoms with Crippen LogP contribution in [0.4, 0.5) is 0 Å². The summed E-state index contributed by atoms with van der Waals surface area (Å²) in [6.07, 6.45) is 3.75. The minimum absolute atomic E-state index is 0.165. The molecule has 0 fully saturated rings. The monoisotopic (exact) mass is 360 g/mol. The highest BCUT2D eigenvalue weighted by Crippen LogP contribution is 2.42. The maximum Gasteiger partial charge on any atom is 0.0752 e. The number of thiophene rings is 1. The Bertz CT molecular complexity index is 570. The van der Waals surface area contributed by atoms with E-state index < -0.39 is 0 Å². The summed E-state index contributed by atoms with van der Waals surface area (Å²) in [5.41, 5.74) is 2.60. The van der Waals surface area contributed by atoms with E-state index in [4.69, 9.17) is 23.2 Å². The summed E-state index contributed by atoms with van der Waals surface area (Å²) in [4.78, 5) is 3.04. The highest BCUT2D eigenvalue weighted by Gasteiger charge is 2.21. The first-order chi connectivity index (χ1) is 8.65. The smallest absolute Gasteiger partial charge is 0.0752 e. The quantitative estimate of drug-likeness (QED) is 0.573. The fourth-order valence-corrected chi connectivity index (χ4v) is 5.05. The van der Waals surface area contributed by atoms with E-state index in [1.54, 1.807) is 10.9 Å². The number of hydrogen-bond acceptors (Lipinski definition) is 1. The summed E-state index contributed by atoms with van der Waals surface area (Å²) < 4.78 is 0. The molecular formula is C14H11BrCl2S. The first-order valence-electron chi connectivity index (χ1n) is 5.85. The summed E-state index contributed by atoms with van der Waals surface area (Å²) in [6.45, 7) is 0. The van der Waals surface area contributed by atoms with Crippen molar-refractivity contribution >= 4 is 50.5 Å². The van der Waals surface area contributed by atoms with Gasteiger partial charge in [0.15, 0.2) is 0 Å². The third-order valence-corrected chi connectivity index (χ3v) is 6.40. The third kappa shape index (κ3) is 2.36. The lowest BCUT2D eigenvalue weighted by Gasteiger charge is -2.10. The van der Waals surface area contributed by atoms with Gasteiger partial charge >= 0.3 is 0 Å². The first-order valence-corrected chi connectivity index (χ1v) is 8.34. The lowest BCUT2D eigenvalue weighted by atomic mass is 10.1. The van der Waals surface area contributed by atoms with Crippen LogP contribution in [0.5, 0.6) is 0 Å². The predicted octanol–water partition coefficient (Wildman–Crippen LogP) is 6.03. The van der Waals surface area contributed by atoms with Crippen molar-refractivity contribution in [3.63, 3.8) is 0 Å². The Kier molecular flexibility index (Phi) is 3.72. The van der Waals surface area contributed by atoms with Crippen molar-refractivity contribution in [1.82, 2.24) is 0 Å². The predicted molar refractivity (Wildman–Crippen MR) is 83.6 cm³/mol. The van der Waals surface area contributed by atoms with Gasteiger partial charge in [0.1, 0.15) is 0 Å². The highest BCUT2D eigenvalue weighted by molar-refractivity contribution is 9.09. The summed E-state index contributed by atoms with van der Waals surface area (Å²) in [7, 11) is 0. The van der Waals surface area contributed by atoms with Crippen molar-refractivity contribution in [2.45, 2.75) is 24.1 Å². The number of benzene rings is 1. The molecule has 0 bridgehead atoms. The van der Waals surface area contributed by atoms with Gasteiger partial charge in [-0.1, -0.05) is 45.2 Å². The number of aryl methyl sites for hydroxylation is 2. The van der Waals surface area contributed by atoms with Crippen molar-refractivity contribution in [1.29, 1.82) is 0 Å². The maximum absolute atomic E-state index is 6.26. The largest absolute Gasteiger partial charge is 0.144 e. The van der Waals surface area contributed by atoms with Crippen molar-refractivity contribution in [3.8, 4) is 0 Å². The summed E-state index contributed by atoms with van der Waals surface area (Å²) in [5, 5.41) is 1.40. The van der Waals surface area contributed by atoms with E-state index >= 15 is 0 Å². The van der Waals surface area contributed by atoms with Gasteiger partial charge in [-0.3, -0.25) is 0 Å². The molecule has 18 heavy (non-hydrogen) atoms. The van der Waals surface area contributed by atoms with Crippen LogP contribution in [0.25, 0.3) is 0 Å².